The topological polar surface area (TPSA) is 12.5 Å². The molecule has 166 valence electrons. The first-order valence-electron chi connectivity index (χ1n) is 10.8. The summed E-state index contributed by atoms with van der Waals surface area (Å²) in [6.07, 6.45) is -2.46. The Kier molecular flexibility index (Phi) is 6.40. The van der Waals surface area contributed by atoms with E-state index in [4.69, 9.17) is 4.74 Å². The van der Waals surface area contributed by atoms with E-state index >= 15 is 0 Å². The third kappa shape index (κ3) is 4.65. The van der Waals surface area contributed by atoms with Crippen molar-refractivity contribution in [1.29, 1.82) is 0 Å². The van der Waals surface area contributed by atoms with Gasteiger partial charge in [-0.1, -0.05) is 43.0 Å². The predicted octanol–water partition coefficient (Wildman–Crippen LogP) is 6.53. The molecule has 0 unspecified atom stereocenters. The van der Waals surface area contributed by atoms with Gasteiger partial charge in [0.05, 0.1) is 5.56 Å². The Hall–Kier alpha value is -1.92. The third-order valence-electron chi connectivity index (χ3n) is 6.42. The van der Waals surface area contributed by atoms with Crippen molar-refractivity contribution < 1.29 is 17.9 Å². The van der Waals surface area contributed by atoms with Gasteiger partial charge in [-0.05, 0) is 54.5 Å². The fourth-order valence-corrected chi connectivity index (χ4v) is 5.55. The number of halogens is 3. The number of thioether (sulfide) groups is 1. The summed E-state index contributed by atoms with van der Waals surface area (Å²) in [5.74, 6) is 2.29. The largest absolute Gasteiger partial charge is 0.416 e. The molecule has 2 nitrogen and oxygen atoms in total. The quantitative estimate of drug-likeness (QED) is 0.499. The van der Waals surface area contributed by atoms with Crippen LogP contribution in [0.1, 0.15) is 47.9 Å². The molecule has 2 saturated heterocycles. The summed E-state index contributed by atoms with van der Waals surface area (Å²) >= 11 is 1.91. The van der Waals surface area contributed by atoms with Crippen LogP contribution in [-0.2, 0) is 16.5 Å². The van der Waals surface area contributed by atoms with Crippen LogP contribution in [-0.4, -0.2) is 36.1 Å². The molecule has 6 heteroatoms. The molecule has 0 amide bonds. The second-order valence-electron chi connectivity index (χ2n) is 8.33. The lowest BCUT2D eigenvalue weighted by molar-refractivity contribution is -0.137. The molecule has 31 heavy (non-hydrogen) atoms. The lowest BCUT2D eigenvalue weighted by Crippen LogP contribution is -2.43. The van der Waals surface area contributed by atoms with Crippen LogP contribution in [0.25, 0.3) is 5.70 Å². The van der Waals surface area contributed by atoms with E-state index in [9.17, 15) is 13.2 Å². The molecule has 0 radical (unpaired) electrons. The van der Waals surface area contributed by atoms with Crippen LogP contribution in [0.15, 0.2) is 55.1 Å². The molecule has 0 N–H and O–H groups in total. The monoisotopic (exact) mass is 447 g/mol. The molecule has 0 aliphatic carbocycles. The van der Waals surface area contributed by atoms with E-state index < -0.39 is 11.7 Å². The van der Waals surface area contributed by atoms with E-state index in [1.807, 2.05) is 18.7 Å². The Morgan fingerprint density at radius 1 is 1.06 bits per heavy atom. The average Bonchev–Trinajstić information content (AvgIpc) is 2.75. The summed E-state index contributed by atoms with van der Waals surface area (Å²) in [7, 11) is 0. The Morgan fingerprint density at radius 2 is 1.68 bits per heavy atom. The normalized spacial score (nSPS) is 19.2. The van der Waals surface area contributed by atoms with Crippen molar-refractivity contribution in [2.45, 2.75) is 37.5 Å². The smallest absolute Gasteiger partial charge is 0.371 e. The molecular weight excluding hydrogens is 419 g/mol. The molecule has 0 bridgehead atoms. The SMILES string of the molecule is C=C(c1ccc(C2(OCC)CSC2)cc1)N1CCC(c2ccc(C(F)(F)F)cc2)CC1. The van der Waals surface area contributed by atoms with E-state index in [-0.39, 0.29) is 11.5 Å². The minimum absolute atomic E-state index is 0.140. The van der Waals surface area contributed by atoms with Crippen molar-refractivity contribution in [3.8, 4) is 0 Å². The molecule has 2 aliphatic heterocycles. The Balaban J connectivity index is 1.36. The van der Waals surface area contributed by atoms with Crippen LogP contribution in [0, 0.1) is 0 Å². The van der Waals surface area contributed by atoms with Gasteiger partial charge in [-0.3, -0.25) is 0 Å². The number of nitrogens with zero attached hydrogens (tertiary/aromatic N) is 1. The van der Waals surface area contributed by atoms with Crippen molar-refractivity contribution in [2.24, 2.45) is 0 Å². The molecule has 4 rings (SSSR count). The molecule has 2 fully saturated rings. The molecular formula is C25H28F3NOS. The molecule has 2 heterocycles. The predicted molar refractivity (Wildman–Crippen MR) is 121 cm³/mol. The van der Waals surface area contributed by atoms with Crippen LogP contribution in [0.2, 0.25) is 0 Å². The second kappa shape index (κ2) is 8.91. The number of ether oxygens (including phenoxy) is 1. The van der Waals surface area contributed by atoms with Crippen molar-refractivity contribution in [2.75, 3.05) is 31.2 Å². The summed E-state index contributed by atoms with van der Waals surface area (Å²) in [5, 5.41) is 0. The number of piperidine rings is 1. The fourth-order valence-electron chi connectivity index (χ4n) is 4.47. The fraction of sp³-hybridized carbons (Fsp3) is 0.440. The van der Waals surface area contributed by atoms with E-state index in [2.05, 4.69) is 35.7 Å². The van der Waals surface area contributed by atoms with E-state index in [0.717, 1.165) is 54.3 Å². The van der Waals surface area contributed by atoms with Gasteiger partial charge in [0.1, 0.15) is 5.60 Å². The Morgan fingerprint density at radius 3 is 2.16 bits per heavy atom. The van der Waals surface area contributed by atoms with E-state index in [1.54, 1.807) is 12.1 Å². The first kappa shape index (κ1) is 22.3. The number of hydrogen-bond acceptors (Lipinski definition) is 3. The molecule has 0 spiro atoms. The maximum Gasteiger partial charge on any atom is 0.416 e. The molecule has 0 saturated carbocycles. The number of alkyl halides is 3. The highest BCUT2D eigenvalue weighted by atomic mass is 32.2. The minimum atomic E-state index is -4.28. The molecule has 2 aliphatic rings. The van der Waals surface area contributed by atoms with Gasteiger partial charge in [0.25, 0.3) is 0 Å². The standard InChI is InChI=1S/C25H28F3NOS/c1-3-30-24(16-31-17-24)22-8-4-19(5-9-22)18(2)29-14-12-21(13-15-29)20-6-10-23(11-7-20)25(26,27)28/h4-11,21H,2-3,12-17H2,1H3. The van der Waals surface area contributed by atoms with Gasteiger partial charge in [-0.2, -0.15) is 24.9 Å². The molecule has 2 aromatic carbocycles. The Labute approximate surface area is 186 Å². The van der Waals surface area contributed by atoms with Gasteiger partial charge in [-0.15, -0.1) is 0 Å². The number of hydrogen-bond donors (Lipinski definition) is 0. The highest BCUT2D eigenvalue weighted by Crippen LogP contribution is 2.42. The highest BCUT2D eigenvalue weighted by molar-refractivity contribution is 8.00. The van der Waals surface area contributed by atoms with Crippen molar-refractivity contribution in [1.82, 2.24) is 4.90 Å². The van der Waals surface area contributed by atoms with Crippen molar-refractivity contribution >= 4 is 17.5 Å². The zero-order chi connectivity index (χ0) is 22.1. The number of likely N-dealkylation sites (tertiary alicyclic amines) is 1. The summed E-state index contributed by atoms with van der Waals surface area (Å²) in [4.78, 5) is 2.28. The maximum atomic E-state index is 12.8. The minimum Gasteiger partial charge on any atom is -0.371 e. The van der Waals surface area contributed by atoms with Crippen LogP contribution in [0.4, 0.5) is 13.2 Å². The summed E-state index contributed by atoms with van der Waals surface area (Å²) in [5.41, 5.74) is 3.60. The number of benzene rings is 2. The lowest BCUT2D eigenvalue weighted by atomic mass is 9.88. The van der Waals surface area contributed by atoms with Gasteiger partial charge >= 0.3 is 6.18 Å². The number of rotatable bonds is 6. The molecule has 0 aromatic heterocycles. The van der Waals surface area contributed by atoms with Crippen LogP contribution < -0.4 is 0 Å². The summed E-state index contributed by atoms with van der Waals surface area (Å²) in [6.45, 7) is 8.77. The zero-order valence-electron chi connectivity index (χ0n) is 17.8. The highest BCUT2D eigenvalue weighted by Gasteiger charge is 2.40. The molecule has 0 atom stereocenters. The van der Waals surface area contributed by atoms with Gasteiger partial charge in [0, 0.05) is 36.9 Å². The van der Waals surface area contributed by atoms with Crippen molar-refractivity contribution in [3.63, 3.8) is 0 Å². The maximum absolute atomic E-state index is 12.8. The Bertz CT molecular complexity index is 896. The van der Waals surface area contributed by atoms with Gasteiger partial charge in [0.2, 0.25) is 0 Å². The second-order valence-corrected chi connectivity index (χ2v) is 9.31. The first-order valence-corrected chi connectivity index (χ1v) is 11.9. The van der Waals surface area contributed by atoms with E-state index in [0.29, 0.717) is 6.61 Å². The average molecular weight is 448 g/mol. The van der Waals surface area contributed by atoms with Crippen LogP contribution >= 0.6 is 11.8 Å². The first-order chi connectivity index (χ1) is 14.8. The summed E-state index contributed by atoms with van der Waals surface area (Å²) < 4.78 is 44.4. The van der Waals surface area contributed by atoms with Crippen molar-refractivity contribution in [3.05, 3.63) is 77.4 Å². The molecule has 2 aromatic rings. The zero-order valence-corrected chi connectivity index (χ0v) is 18.6. The lowest BCUT2D eigenvalue weighted by Gasteiger charge is -2.41. The van der Waals surface area contributed by atoms with E-state index in [1.165, 1.54) is 17.7 Å². The van der Waals surface area contributed by atoms with Crippen LogP contribution in [0.3, 0.4) is 0 Å². The summed E-state index contributed by atoms with van der Waals surface area (Å²) in [6, 6.07) is 14.2. The van der Waals surface area contributed by atoms with Gasteiger partial charge in [-0.25, -0.2) is 0 Å². The van der Waals surface area contributed by atoms with Crippen LogP contribution in [0.5, 0.6) is 0 Å². The van der Waals surface area contributed by atoms with Gasteiger partial charge < -0.3 is 9.64 Å². The van der Waals surface area contributed by atoms with Gasteiger partial charge in [0.15, 0.2) is 0 Å². The third-order valence-corrected chi connectivity index (χ3v) is 7.76.